The van der Waals surface area contributed by atoms with Crippen LogP contribution in [0.4, 0.5) is 0 Å². The Morgan fingerprint density at radius 3 is 2.38 bits per heavy atom. The summed E-state index contributed by atoms with van der Waals surface area (Å²) < 4.78 is 5.55. The molecule has 0 heterocycles. The van der Waals surface area contributed by atoms with Gasteiger partial charge < -0.3 is 4.74 Å². The predicted molar refractivity (Wildman–Crippen MR) is 71.1 cm³/mol. The van der Waals surface area contributed by atoms with Crippen molar-refractivity contribution in [1.29, 1.82) is 0 Å². The molecule has 0 radical (unpaired) electrons. The second-order valence-corrected chi connectivity index (χ2v) is 4.77. The van der Waals surface area contributed by atoms with E-state index in [1.165, 1.54) is 12.8 Å². The Morgan fingerprint density at radius 1 is 1.00 bits per heavy atom. The van der Waals surface area contributed by atoms with Gasteiger partial charge in [0, 0.05) is 0 Å². The molecule has 0 N–H and O–H groups in total. The number of benzene rings is 1. The first-order valence-corrected chi connectivity index (χ1v) is 6.56. The van der Waals surface area contributed by atoms with E-state index in [9.17, 15) is 0 Å². The predicted octanol–water partition coefficient (Wildman–Crippen LogP) is 5.61. The van der Waals surface area contributed by atoms with Gasteiger partial charge in [0.1, 0.15) is 5.02 Å². The molecule has 0 aliphatic heterocycles. The Balaban J connectivity index is 2.50. The van der Waals surface area contributed by atoms with E-state index >= 15 is 0 Å². The molecule has 0 fully saturated rings. The van der Waals surface area contributed by atoms with Gasteiger partial charge in [0.15, 0.2) is 5.75 Å². The molecule has 0 saturated heterocycles. The molecule has 0 aliphatic carbocycles. The minimum Gasteiger partial charge on any atom is -0.490 e. The van der Waals surface area contributed by atoms with Crippen molar-refractivity contribution in [3.05, 3.63) is 27.2 Å². The summed E-state index contributed by atoms with van der Waals surface area (Å²) in [6.07, 6.45) is 4.60. The van der Waals surface area contributed by atoms with Crippen LogP contribution < -0.4 is 4.74 Å². The molecule has 0 aliphatic rings. The molecule has 0 amide bonds. The molecule has 1 aromatic rings. The lowest BCUT2D eigenvalue weighted by Gasteiger charge is -2.10. The van der Waals surface area contributed by atoms with Crippen molar-refractivity contribution >= 4 is 34.8 Å². The van der Waals surface area contributed by atoms with Gasteiger partial charge >= 0.3 is 0 Å². The van der Waals surface area contributed by atoms with Crippen LogP contribution in [0.3, 0.4) is 0 Å². The molecule has 90 valence electrons. The molecule has 1 rings (SSSR count). The number of hydrogen-bond acceptors (Lipinski definition) is 1. The van der Waals surface area contributed by atoms with E-state index in [1.54, 1.807) is 12.1 Å². The van der Waals surface area contributed by atoms with Crippen molar-refractivity contribution in [3.8, 4) is 5.75 Å². The van der Waals surface area contributed by atoms with Crippen LogP contribution in [-0.2, 0) is 0 Å². The minimum absolute atomic E-state index is 0.393. The summed E-state index contributed by atoms with van der Waals surface area (Å²) in [5, 5.41) is 1.36. The first kappa shape index (κ1) is 14.0. The third kappa shape index (κ3) is 4.04. The monoisotopic (exact) mass is 280 g/mol. The van der Waals surface area contributed by atoms with Crippen molar-refractivity contribution in [3.63, 3.8) is 0 Å². The summed E-state index contributed by atoms with van der Waals surface area (Å²) in [7, 11) is 0. The third-order valence-electron chi connectivity index (χ3n) is 2.25. The zero-order valence-electron chi connectivity index (χ0n) is 9.23. The maximum Gasteiger partial charge on any atom is 0.157 e. The average molecular weight is 282 g/mol. The van der Waals surface area contributed by atoms with Gasteiger partial charge in [-0.05, 0) is 18.6 Å². The first-order valence-electron chi connectivity index (χ1n) is 5.43. The summed E-state index contributed by atoms with van der Waals surface area (Å²) in [5.74, 6) is 0.493. The number of ether oxygens (including phenoxy) is 1. The fourth-order valence-corrected chi connectivity index (χ4v) is 1.97. The molecule has 1 aromatic carbocycles. The topological polar surface area (TPSA) is 9.23 Å². The quantitative estimate of drug-likeness (QED) is 0.487. The third-order valence-corrected chi connectivity index (χ3v) is 3.33. The normalized spacial score (nSPS) is 10.5. The van der Waals surface area contributed by atoms with Crippen LogP contribution in [0.25, 0.3) is 0 Å². The average Bonchev–Trinajstić information content (AvgIpc) is 2.28. The molecule has 0 spiro atoms. The Hall–Kier alpha value is -0.110. The molecular formula is C12H15Cl3O. The zero-order chi connectivity index (χ0) is 12.0. The molecule has 4 heteroatoms. The first-order chi connectivity index (χ1) is 7.66. The van der Waals surface area contributed by atoms with Crippen LogP contribution in [0.2, 0.25) is 15.1 Å². The lowest BCUT2D eigenvalue weighted by atomic mass is 10.2. The van der Waals surface area contributed by atoms with Gasteiger partial charge in [0.25, 0.3) is 0 Å². The summed E-state index contributed by atoms with van der Waals surface area (Å²) in [6, 6.07) is 3.35. The summed E-state index contributed by atoms with van der Waals surface area (Å²) >= 11 is 17.8. The van der Waals surface area contributed by atoms with E-state index in [0.717, 1.165) is 12.8 Å². The fourth-order valence-electron chi connectivity index (χ4n) is 1.34. The van der Waals surface area contributed by atoms with Crippen molar-refractivity contribution in [1.82, 2.24) is 0 Å². The van der Waals surface area contributed by atoms with E-state index in [0.29, 0.717) is 27.4 Å². The van der Waals surface area contributed by atoms with Crippen molar-refractivity contribution < 1.29 is 4.74 Å². The van der Waals surface area contributed by atoms with Crippen LogP contribution in [0.15, 0.2) is 12.1 Å². The van der Waals surface area contributed by atoms with E-state index in [1.807, 2.05) is 0 Å². The minimum atomic E-state index is 0.393. The standard InChI is InChI=1S/C12H15Cl3O/c1-2-3-4-5-8-16-12-10(14)7-6-9(13)11(12)15/h6-7H,2-5,8H2,1H3. The van der Waals surface area contributed by atoms with Gasteiger partial charge in [0.05, 0.1) is 16.7 Å². The smallest absolute Gasteiger partial charge is 0.157 e. The largest absolute Gasteiger partial charge is 0.490 e. The van der Waals surface area contributed by atoms with Crippen LogP contribution in [-0.4, -0.2) is 6.61 Å². The SMILES string of the molecule is CCCCCCOc1c(Cl)ccc(Cl)c1Cl. The number of unbranched alkanes of at least 4 members (excludes halogenated alkanes) is 3. The van der Waals surface area contributed by atoms with E-state index < -0.39 is 0 Å². The Morgan fingerprint density at radius 2 is 1.69 bits per heavy atom. The molecular weight excluding hydrogens is 266 g/mol. The molecule has 1 nitrogen and oxygen atoms in total. The molecule has 0 saturated carbocycles. The van der Waals surface area contributed by atoms with Gasteiger partial charge in [-0.1, -0.05) is 61.0 Å². The van der Waals surface area contributed by atoms with Gasteiger partial charge in [-0.3, -0.25) is 0 Å². The Labute approximate surface area is 112 Å². The number of hydrogen-bond donors (Lipinski definition) is 0. The van der Waals surface area contributed by atoms with E-state index in [4.69, 9.17) is 39.5 Å². The van der Waals surface area contributed by atoms with Gasteiger partial charge in [-0.25, -0.2) is 0 Å². The second kappa shape index (κ2) is 7.26. The maximum atomic E-state index is 6.00. The van der Waals surface area contributed by atoms with E-state index in [2.05, 4.69) is 6.92 Å². The molecule has 0 aromatic heterocycles. The highest BCUT2D eigenvalue weighted by atomic mass is 35.5. The van der Waals surface area contributed by atoms with Gasteiger partial charge in [-0.15, -0.1) is 0 Å². The summed E-state index contributed by atoms with van der Waals surface area (Å²) in [4.78, 5) is 0. The highest BCUT2D eigenvalue weighted by molar-refractivity contribution is 6.44. The highest BCUT2D eigenvalue weighted by Crippen LogP contribution is 2.37. The van der Waals surface area contributed by atoms with Crippen LogP contribution in [0.1, 0.15) is 32.6 Å². The lowest BCUT2D eigenvalue weighted by molar-refractivity contribution is 0.305. The summed E-state index contributed by atoms with van der Waals surface area (Å²) in [6.45, 7) is 2.80. The molecule has 0 unspecified atom stereocenters. The summed E-state index contributed by atoms with van der Waals surface area (Å²) in [5.41, 5.74) is 0. The highest BCUT2D eigenvalue weighted by Gasteiger charge is 2.10. The Bertz CT molecular complexity index is 339. The molecule has 16 heavy (non-hydrogen) atoms. The number of halogens is 3. The van der Waals surface area contributed by atoms with Crippen molar-refractivity contribution in [2.75, 3.05) is 6.61 Å². The Kier molecular flexibility index (Phi) is 6.33. The maximum absolute atomic E-state index is 6.00. The van der Waals surface area contributed by atoms with Crippen LogP contribution in [0.5, 0.6) is 5.75 Å². The van der Waals surface area contributed by atoms with Crippen LogP contribution in [0, 0.1) is 0 Å². The number of rotatable bonds is 6. The van der Waals surface area contributed by atoms with Crippen molar-refractivity contribution in [2.45, 2.75) is 32.6 Å². The van der Waals surface area contributed by atoms with Crippen molar-refractivity contribution in [2.24, 2.45) is 0 Å². The molecule has 0 bridgehead atoms. The lowest BCUT2D eigenvalue weighted by Crippen LogP contribution is -1.98. The molecule has 0 atom stereocenters. The van der Waals surface area contributed by atoms with E-state index in [-0.39, 0.29) is 0 Å². The second-order valence-electron chi connectivity index (χ2n) is 3.58. The van der Waals surface area contributed by atoms with Gasteiger partial charge in [0.2, 0.25) is 0 Å². The van der Waals surface area contributed by atoms with Crippen LogP contribution >= 0.6 is 34.8 Å². The zero-order valence-corrected chi connectivity index (χ0v) is 11.5. The fraction of sp³-hybridized carbons (Fsp3) is 0.500. The van der Waals surface area contributed by atoms with Gasteiger partial charge in [-0.2, -0.15) is 0 Å².